The van der Waals surface area contributed by atoms with Gasteiger partial charge in [0.05, 0.1) is 32.4 Å². The Hall–Kier alpha value is -2.84. The lowest BCUT2D eigenvalue weighted by Gasteiger charge is -2.21. The minimum atomic E-state index is -3.86. The van der Waals surface area contributed by atoms with Crippen LogP contribution in [0.25, 0.3) is 5.69 Å². The van der Waals surface area contributed by atoms with Gasteiger partial charge in [0.15, 0.2) is 0 Å². The van der Waals surface area contributed by atoms with Gasteiger partial charge < -0.3 is 5.32 Å². The highest BCUT2D eigenvalue weighted by molar-refractivity contribution is 7.92. The fraction of sp³-hybridized carbons (Fsp3) is 0.238. The Morgan fingerprint density at radius 1 is 1.13 bits per heavy atom. The SMILES string of the molecule is O=C1Nc2c(Cl)cc(NS(=O)(=O)c3cccc(-n4cccn4)c3)cc2C12CCCC2. The number of hydrogen-bond acceptors (Lipinski definition) is 4. The molecule has 2 aliphatic rings. The van der Waals surface area contributed by atoms with Gasteiger partial charge >= 0.3 is 0 Å². The highest BCUT2D eigenvalue weighted by atomic mass is 35.5. The van der Waals surface area contributed by atoms with E-state index < -0.39 is 15.4 Å². The summed E-state index contributed by atoms with van der Waals surface area (Å²) in [5, 5.41) is 7.35. The molecule has 154 valence electrons. The number of benzene rings is 2. The van der Waals surface area contributed by atoms with Crippen LogP contribution in [0.3, 0.4) is 0 Å². The Morgan fingerprint density at radius 2 is 1.93 bits per heavy atom. The molecule has 2 aromatic carbocycles. The summed E-state index contributed by atoms with van der Waals surface area (Å²) >= 11 is 6.41. The molecular weight excluding hydrogens is 424 g/mol. The molecule has 1 saturated carbocycles. The molecule has 3 aromatic rings. The first-order valence-corrected chi connectivity index (χ1v) is 11.5. The van der Waals surface area contributed by atoms with Crippen LogP contribution in [0, 0.1) is 0 Å². The summed E-state index contributed by atoms with van der Waals surface area (Å²) in [5.41, 5.74) is 1.73. The average molecular weight is 443 g/mol. The molecule has 7 nitrogen and oxygen atoms in total. The monoisotopic (exact) mass is 442 g/mol. The van der Waals surface area contributed by atoms with Gasteiger partial charge in [-0.3, -0.25) is 9.52 Å². The maximum absolute atomic E-state index is 13.0. The maximum atomic E-state index is 13.0. The van der Waals surface area contributed by atoms with Crippen molar-refractivity contribution in [3.05, 3.63) is 65.4 Å². The number of amides is 1. The molecule has 9 heteroatoms. The van der Waals surface area contributed by atoms with Crippen molar-refractivity contribution in [3.8, 4) is 5.69 Å². The van der Waals surface area contributed by atoms with Gasteiger partial charge in [-0.25, -0.2) is 13.1 Å². The molecule has 1 aromatic heterocycles. The summed E-state index contributed by atoms with van der Waals surface area (Å²) in [7, 11) is -3.86. The van der Waals surface area contributed by atoms with E-state index in [-0.39, 0.29) is 10.8 Å². The number of nitrogens with one attached hydrogen (secondary N) is 2. The lowest BCUT2D eigenvalue weighted by molar-refractivity contribution is -0.120. The summed E-state index contributed by atoms with van der Waals surface area (Å²) in [6.07, 6.45) is 6.76. The van der Waals surface area contributed by atoms with E-state index in [0.29, 0.717) is 22.1 Å². The van der Waals surface area contributed by atoms with E-state index >= 15 is 0 Å². The van der Waals surface area contributed by atoms with E-state index in [4.69, 9.17) is 11.6 Å². The zero-order valence-corrected chi connectivity index (χ0v) is 17.5. The Bertz CT molecular complexity index is 1250. The molecule has 1 amide bonds. The standard InChI is InChI=1S/C21H19ClN4O3S/c22-18-12-14(11-17-19(18)24-20(27)21(17)7-1-2-8-21)25-30(28,29)16-6-3-5-15(13-16)26-10-4-9-23-26/h3-6,9-13,25H,1-2,7-8H2,(H,24,27). The highest BCUT2D eigenvalue weighted by Gasteiger charge is 2.49. The Balaban J connectivity index is 1.51. The van der Waals surface area contributed by atoms with E-state index in [9.17, 15) is 13.2 Å². The molecule has 0 unspecified atom stereocenters. The lowest BCUT2D eigenvalue weighted by atomic mass is 9.80. The molecule has 1 aliphatic carbocycles. The third kappa shape index (κ3) is 2.98. The molecule has 0 radical (unpaired) electrons. The van der Waals surface area contributed by atoms with Crippen molar-refractivity contribution < 1.29 is 13.2 Å². The summed E-state index contributed by atoms with van der Waals surface area (Å²) < 4.78 is 30.3. The van der Waals surface area contributed by atoms with Crippen LogP contribution in [-0.2, 0) is 20.2 Å². The normalized spacial score (nSPS) is 17.2. The highest BCUT2D eigenvalue weighted by Crippen LogP contribution is 2.51. The maximum Gasteiger partial charge on any atom is 0.261 e. The van der Waals surface area contributed by atoms with Gasteiger partial charge in [0.2, 0.25) is 5.91 Å². The number of rotatable bonds is 4. The largest absolute Gasteiger partial charge is 0.324 e. The average Bonchev–Trinajstić information content (AvgIpc) is 3.46. The molecule has 1 aliphatic heterocycles. The van der Waals surface area contributed by atoms with Crippen molar-refractivity contribution in [2.75, 3.05) is 10.0 Å². The molecule has 0 atom stereocenters. The predicted octanol–water partition coefficient (Wildman–Crippen LogP) is 4.09. The Labute approximate surface area is 179 Å². The minimum absolute atomic E-state index is 0.0520. The van der Waals surface area contributed by atoms with E-state index in [2.05, 4.69) is 15.1 Å². The van der Waals surface area contributed by atoms with Crippen LogP contribution in [-0.4, -0.2) is 24.1 Å². The van der Waals surface area contributed by atoms with Crippen LogP contribution < -0.4 is 10.0 Å². The van der Waals surface area contributed by atoms with Gasteiger partial charge in [-0.1, -0.05) is 30.5 Å². The van der Waals surface area contributed by atoms with Crippen LogP contribution in [0.2, 0.25) is 5.02 Å². The van der Waals surface area contributed by atoms with Gasteiger partial charge in [0.1, 0.15) is 0 Å². The molecule has 5 rings (SSSR count). The third-order valence-corrected chi connectivity index (χ3v) is 7.56. The van der Waals surface area contributed by atoms with Crippen molar-refractivity contribution >= 4 is 38.9 Å². The summed E-state index contributed by atoms with van der Waals surface area (Å²) in [6.45, 7) is 0. The summed E-state index contributed by atoms with van der Waals surface area (Å²) in [6, 6.07) is 11.5. The first-order chi connectivity index (χ1) is 14.4. The minimum Gasteiger partial charge on any atom is -0.324 e. The second-order valence-corrected chi connectivity index (χ2v) is 9.77. The van der Waals surface area contributed by atoms with Gasteiger partial charge in [-0.2, -0.15) is 5.10 Å². The smallest absolute Gasteiger partial charge is 0.261 e. The first kappa shape index (κ1) is 19.1. The van der Waals surface area contributed by atoms with Crippen molar-refractivity contribution in [2.45, 2.75) is 36.0 Å². The van der Waals surface area contributed by atoms with E-state index in [1.807, 2.05) is 0 Å². The lowest BCUT2D eigenvalue weighted by Crippen LogP contribution is -2.31. The van der Waals surface area contributed by atoms with Crippen LogP contribution >= 0.6 is 11.6 Å². The van der Waals surface area contributed by atoms with Crippen LogP contribution in [0.1, 0.15) is 31.2 Å². The van der Waals surface area contributed by atoms with Gasteiger partial charge in [-0.15, -0.1) is 0 Å². The number of hydrogen-bond donors (Lipinski definition) is 2. The zero-order valence-electron chi connectivity index (χ0n) is 15.9. The van der Waals surface area contributed by atoms with Crippen molar-refractivity contribution in [3.63, 3.8) is 0 Å². The zero-order chi connectivity index (χ0) is 20.9. The quantitative estimate of drug-likeness (QED) is 0.636. The van der Waals surface area contributed by atoms with Crippen molar-refractivity contribution in [1.29, 1.82) is 0 Å². The molecule has 30 heavy (non-hydrogen) atoms. The van der Waals surface area contributed by atoms with Crippen LogP contribution in [0.4, 0.5) is 11.4 Å². The summed E-state index contributed by atoms with van der Waals surface area (Å²) in [4.78, 5) is 12.8. The number of carbonyl (C=O) groups excluding carboxylic acids is 1. The number of aromatic nitrogens is 2. The third-order valence-electron chi connectivity index (χ3n) is 5.89. The van der Waals surface area contributed by atoms with Crippen molar-refractivity contribution in [2.24, 2.45) is 0 Å². The van der Waals surface area contributed by atoms with Crippen LogP contribution in [0.5, 0.6) is 0 Å². The van der Waals surface area contributed by atoms with Gasteiger partial charge in [0, 0.05) is 12.4 Å². The number of anilines is 2. The number of halogens is 1. The van der Waals surface area contributed by atoms with Crippen LogP contribution in [0.15, 0.2) is 59.8 Å². The van der Waals surface area contributed by atoms with Crippen molar-refractivity contribution in [1.82, 2.24) is 9.78 Å². The number of carbonyl (C=O) groups is 1. The van der Waals surface area contributed by atoms with E-state index in [0.717, 1.165) is 31.2 Å². The van der Waals surface area contributed by atoms with E-state index in [1.165, 1.54) is 12.1 Å². The molecular formula is C21H19ClN4O3S. The number of fused-ring (bicyclic) bond motifs is 2. The fourth-order valence-corrected chi connectivity index (χ4v) is 5.78. The molecule has 0 saturated heterocycles. The summed E-state index contributed by atoms with van der Waals surface area (Å²) in [5.74, 6) is -0.0520. The van der Waals surface area contributed by atoms with E-state index in [1.54, 1.807) is 47.4 Å². The molecule has 2 heterocycles. The number of sulfonamides is 1. The number of nitrogens with zero attached hydrogens (tertiary/aromatic N) is 2. The molecule has 1 spiro atoms. The first-order valence-electron chi connectivity index (χ1n) is 9.67. The Morgan fingerprint density at radius 3 is 2.67 bits per heavy atom. The fourth-order valence-electron chi connectivity index (χ4n) is 4.43. The molecule has 2 N–H and O–H groups in total. The van der Waals surface area contributed by atoms with Gasteiger partial charge in [-0.05, 0) is 54.8 Å². The second-order valence-electron chi connectivity index (χ2n) is 7.68. The predicted molar refractivity (Wildman–Crippen MR) is 115 cm³/mol. The van der Waals surface area contributed by atoms with Gasteiger partial charge in [0.25, 0.3) is 10.0 Å². The molecule has 1 fully saturated rings. The topological polar surface area (TPSA) is 93.1 Å². The second kappa shape index (κ2) is 6.85. The molecule has 0 bridgehead atoms. The Kier molecular flexibility index (Phi) is 4.37.